The Morgan fingerprint density at radius 2 is 1.75 bits per heavy atom. The number of fused-ring (bicyclic) bond motifs is 2. The van der Waals surface area contributed by atoms with Crippen LogP contribution in [0.15, 0.2) is 18.2 Å². The van der Waals surface area contributed by atoms with Crippen LogP contribution in [-0.4, -0.2) is 85.2 Å². The van der Waals surface area contributed by atoms with Crippen molar-refractivity contribution >= 4 is 46.1 Å². The Bertz CT molecular complexity index is 1810. The Hall–Kier alpha value is -3.44. The van der Waals surface area contributed by atoms with Gasteiger partial charge in [0.25, 0.3) is 0 Å². The van der Waals surface area contributed by atoms with Crippen LogP contribution in [-0.2, 0) is 33.4 Å². The minimum Gasteiger partial charge on any atom is -0.489 e. The molecule has 0 bridgehead atoms. The molecule has 9 atom stereocenters. The largest absolute Gasteiger partial charge is 0.489 e. The molecule has 4 aliphatic carbocycles. The maximum atomic E-state index is 14.8. The number of nitrogens with zero attached hydrogens (tertiary/aromatic N) is 2. The highest BCUT2D eigenvalue weighted by molar-refractivity contribution is 6.36. The van der Waals surface area contributed by atoms with E-state index in [9.17, 15) is 19.2 Å². The van der Waals surface area contributed by atoms with Gasteiger partial charge in [-0.05, 0) is 80.8 Å². The van der Waals surface area contributed by atoms with Gasteiger partial charge in [-0.1, -0.05) is 45.7 Å². The molecule has 2 aromatic rings. The summed E-state index contributed by atoms with van der Waals surface area (Å²) in [5.74, 6) is 0.736. The van der Waals surface area contributed by atoms with Crippen molar-refractivity contribution in [1.82, 2.24) is 9.88 Å². The lowest BCUT2D eigenvalue weighted by atomic mass is 9.77. The molecule has 1 aromatic carbocycles. The molecular formula is C43H57ClN2O9. The number of ketones is 1. The van der Waals surface area contributed by atoms with E-state index in [1.54, 1.807) is 18.1 Å². The van der Waals surface area contributed by atoms with Crippen molar-refractivity contribution in [1.29, 1.82) is 0 Å². The van der Waals surface area contributed by atoms with Crippen LogP contribution in [0.5, 0.6) is 11.5 Å². The van der Waals surface area contributed by atoms with E-state index in [2.05, 4.69) is 0 Å². The maximum Gasteiger partial charge on any atom is 0.312 e. The Morgan fingerprint density at radius 3 is 2.36 bits per heavy atom. The van der Waals surface area contributed by atoms with E-state index in [-0.39, 0.29) is 67.6 Å². The van der Waals surface area contributed by atoms with Crippen LogP contribution in [0, 0.1) is 34.5 Å². The first-order chi connectivity index (χ1) is 26.1. The zero-order chi connectivity index (χ0) is 39.4. The predicted molar refractivity (Wildman–Crippen MR) is 206 cm³/mol. The predicted octanol–water partition coefficient (Wildman–Crippen LogP) is 7.47. The van der Waals surface area contributed by atoms with Gasteiger partial charge in [-0.2, -0.15) is 0 Å². The van der Waals surface area contributed by atoms with Crippen LogP contribution in [0.4, 0.5) is 0 Å². The lowest BCUT2D eigenvalue weighted by Crippen LogP contribution is -2.48. The van der Waals surface area contributed by atoms with Crippen molar-refractivity contribution in [3.8, 4) is 11.5 Å². The smallest absolute Gasteiger partial charge is 0.312 e. The van der Waals surface area contributed by atoms with Crippen LogP contribution in [0.3, 0.4) is 0 Å². The minimum absolute atomic E-state index is 0.0182. The summed E-state index contributed by atoms with van der Waals surface area (Å²) in [6.45, 7) is 10.2. The lowest BCUT2D eigenvalue weighted by Gasteiger charge is -2.35. The van der Waals surface area contributed by atoms with Gasteiger partial charge in [0, 0.05) is 43.0 Å². The van der Waals surface area contributed by atoms with E-state index < -0.39 is 28.9 Å². The molecule has 5 fully saturated rings. The topological polar surface area (TPSA) is 131 Å². The van der Waals surface area contributed by atoms with E-state index in [0.29, 0.717) is 58.2 Å². The number of ether oxygens (including phenoxy) is 5. The molecule has 300 valence electrons. The second kappa shape index (κ2) is 15.5. The fourth-order valence-electron chi connectivity index (χ4n) is 9.12. The van der Waals surface area contributed by atoms with Gasteiger partial charge in [-0.25, -0.2) is 0 Å². The first-order valence-corrected chi connectivity index (χ1v) is 20.6. The molecule has 2 unspecified atom stereocenters. The first kappa shape index (κ1) is 39.8. The highest BCUT2D eigenvalue weighted by Crippen LogP contribution is 2.58. The first-order valence-electron chi connectivity index (χ1n) is 20.2. The van der Waals surface area contributed by atoms with Crippen molar-refractivity contribution < 1.29 is 42.9 Å². The molecular weight excluding hydrogens is 724 g/mol. The van der Waals surface area contributed by atoms with Gasteiger partial charge in [0.05, 0.1) is 49.1 Å². The minimum atomic E-state index is -0.887. The monoisotopic (exact) mass is 780 g/mol. The van der Waals surface area contributed by atoms with Gasteiger partial charge < -0.3 is 28.6 Å². The second-order valence-electron chi connectivity index (χ2n) is 18.0. The number of amides is 1. The van der Waals surface area contributed by atoms with Crippen molar-refractivity contribution in [2.45, 2.75) is 129 Å². The standard InChI is InChI=1S/C43H57ClN2O9/c1-8-27-19-43(27,41(50)52-7)20-34(47)33-16-29(21-46(33)40(49)31(42(3,4)5)17-37(48)55-28-14-25-13-26(25)15-28)54-36-18-32(24-9-10-24)45-39-30(36)11-12-35(38(39)44)53-22-23(2)51-6/h11-12,18,23-29,31,33H,8-10,13-17,19-22H2,1-7H3/t23?,25-,26+,27-,28?,29-,31-,33+,43-/m1/s1. The summed E-state index contributed by atoms with van der Waals surface area (Å²) in [5.41, 5.74) is -0.0557. The number of aromatic nitrogens is 1. The summed E-state index contributed by atoms with van der Waals surface area (Å²) in [5, 5.41) is 1.07. The average molecular weight is 781 g/mol. The number of rotatable bonds is 16. The van der Waals surface area contributed by atoms with Crippen molar-refractivity contribution in [2.75, 3.05) is 27.4 Å². The summed E-state index contributed by atoms with van der Waals surface area (Å²) in [6, 6.07) is 4.78. The number of carbonyl (C=O) groups excluding carboxylic acids is 4. The molecule has 5 aliphatic rings. The summed E-state index contributed by atoms with van der Waals surface area (Å²) < 4.78 is 29.2. The van der Waals surface area contributed by atoms with Gasteiger partial charge in [0.15, 0.2) is 5.78 Å². The molecule has 2 heterocycles. The number of pyridine rings is 1. The van der Waals surface area contributed by atoms with Gasteiger partial charge in [-0.3, -0.25) is 24.2 Å². The number of likely N-dealkylation sites (tertiary alicyclic amines) is 1. The second-order valence-corrected chi connectivity index (χ2v) is 18.4. The summed E-state index contributed by atoms with van der Waals surface area (Å²) >= 11 is 6.94. The molecule has 11 nitrogen and oxygen atoms in total. The number of benzene rings is 1. The molecule has 1 aromatic heterocycles. The molecule has 7 rings (SSSR count). The van der Waals surface area contributed by atoms with Crippen LogP contribution < -0.4 is 9.47 Å². The van der Waals surface area contributed by atoms with Gasteiger partial charge in [0.2, 0.25) is 5.91 Å². The molecule has 12 heteroatoms. The number of hydrogen-bond acceptors (Lipinski definition) is 10. The van der Waals surface area contributed by atoms with Gasteiger partial charge >= 0.3 is 11.9 Å². The van der Waals surface area contributed by atoms with Crippen molar-refractivity contribution in [2.24, 2.45) is 34.5 Å². The van der Waals surface area contributed by atoms with Crippen LogP contribution in [0.25, 0.3) is 10.9 Å². The molecule has 0 radical (unpaired) electrons. The normalized spacial score (nSPS) is 29.3. The number of halogens is 1. The number of Topliss-reactive ketones (excluding diaryl/α,β-unsaturated/α-hetero) is 1. The van der Waals surface area contributed by atoms with Crippen molar-refractivity contribution in [3.05, 3.63) is 28.9 Å². The summed E-state index contributed by atoms with van der Waals surface area (Å²) in [7, 11) is 2.98. The van der Waals surface area contributed by atoms with Gasteiger partial charge in [0.1, 0.15) is 35.3 Å². The summed E-state index contributed by atoms with van der Waals surface area (Å²) in [4.78, 5) is 62.2. The SMILES string of the molecule is CC[C@@H]1C[C@]1(CC(=O)[C@@H]1C[C@@H](Oc2cc(C3CC3)nc3c(Cl)c(OCC(C)OC)ccc23)CN1C(=O)[C@@H](CC(=O)OC1C[C@@H]2C[C@@H]2C1)C(C)(C)C)C(=O)OC. The number of hydrogen-bond donors (Lipinski definition) is 0. The Balaban J connectivity index is 1.17. The Morgan fingerprint density at radius 1 is 1.02 bits per heavy atom. The highest BCUT2D eigenvalue weighted by atomic mass is 35.5. The van der Waals surface area contributed by atoms with Crippen LogP contribution in [0.2, 0.25) is 5.02 Å². The Labute approximate surface area is 329 Å². The van der Waals surface area contributed by atoms with Crippen molar-refractivity contribution in [3.63, 3.8) is 0 Å². The number of carbonyl (C=O) groups is 4. The van der Waals surface area contributed by atoms with E-state index in [1.165, 1.54) is 13.5 Å². The number of methoxy groups -OCH3 is 2. The molecule has 0 spiro atoms. The highest BCUT2D eigenvalue weighted by Gasteiger charge is 2.62. The van der Waals surface area contributed by atoms with E-state index >= 15 is 0 Å². The van der Waals surface area contributed by atoms with E-state index in [4.69, 9.17) is 40.3 Å². The van der Waals surface area contributed by atoms with E-state index in [0.717, 1.165) is 37.8 Å². The zero-order valence-electron chi connectivity index (χ0n) is 33.4. The fraction of sp³-hybridized carbons (Fsp3) is 0.698. The third-order valence-electron chi connectivity index (χ3n) is 13.0. The lowest BCUT2D eigenvalue weighted by molar-refractivity contribution is -0.157. The van der Waals surface area contributed by atoms with Crippen LogP contribution >= 0.6 is 11.6 Å². The number of esters is 2. The molecule has 4 saturated carbocycles. The van der Waals surface area contributed by atoms with Crippen LogP contribution in [0.1, 0.15) is 110 Å². The third kappa shape index (κ3) is 8.34. The average Bonchev–Trinajstić information content (AvgIpc) is 4.12. The Kier molecular flexibility index (Phi) is 11.2. The van der Waals surface area contributed by atoms with E-state index in [1.807, 2.05) is 46.8 Å². The molecule has 1 aliphatic heterocycles. The molecule has 0 N–H and O–H groups in total. The third-order valence-corrected chi connectivity index (χ3v) is 13.3. The summed E-state index contributed by atoms with van der Waals surface area (Å²) in [6.07, 6.45) is 5.72. The fourth-order valence-corrected chi connectivity index (χ4v) is 9.38. The molecule has 1 amide bonds. The quantitative estimate of drug-likeness (QED) is 0.158. The maximum absolute atomic E-state index is 14.8. The van der Waals surface area contributed by atoms with Gasteiger partial charge in [-0.15, -0.1) is 0 Å². The zero-order valence-corrected chi connectivity index (χ0v) is 34.1. The molecule has 55 heavy (non-hydrogen) atoms. The molecule has 1 saturated heterocycles.